The van der Waals surface area contributed by atoms with E-state index in [1.165, 1.54) is 10.5 Å². The summed E-state index contributed by atoms with van der Waals surface area (Å²) in [6.45, 7) is 1.84. The van der Waals surface area contributed by atoms with Crippen LogP contribution in [0.2, 0.25) is 0 Å². The van der Waals surface area contributed by atoms with Gasteiger partial charge in [-0.1, -0.05) is 42.5 Å². The Hall–Kier alpha value is -4.70. The highest BCUT2D eigenvalue weighted by Gasteiger charge is 2.17. The minimum absolute atomic E-state index is 0.00356. The van der Waals surface area contributed by atoms with E-state index >= 15 is 0 Å². The van der Waals surface area contributed by atoms with Crippen molar-refractivity contribution >= 4 is 23.3 Å². The van der Waals surface area contributed by atoms with Gasteiger partial charge < -0.3 is 10.1 Å². The third-order valence-electron chi connectivity index (χ3n) is 4.74. The monoisotopic (exact) mass is 422 g/mol. The molecule has 2 aromatic heterocycles. The van der Waals surface area contributed by atoms with Crippen LogP contribution in [0.5, 0.6) is 11.6 Å². The van der Waals surface area contributed by atoms with Crippen molar-refractivity contribution in [3.05, 3.63) is 106 Å². The molecule has 0 saturated heterocycles. The number of benzene rings is 2. The molecule has 2 aromatic carbocycles. The number of hydrogen-bond donors (Lipinski definition) is 1. The summed E-state index contributed by atoms with van der Waals surface area (Å²) in [5.74, 6) is -0.161. The third kappa shape index (κ3) is 4.25. The van der Waals surface area contributed by atoms with E-state index in [0.717, 1.165) is 5.56 Å². The van der Waals surface area contributed by atoms with Crippen LogP contribution < -0.4 is 15.6 Å². The van der Waals surface area contributed by atoms with Gasteiger partial charge in [0.05, 0.1) is 0 Å². The highest BCUT2D eigenvalue weighted by atomic mass is 16.5. The molecule has 7 heteroatoms. The number of amides is 1. The molecule has 0 fully saturated rings. The van der Waals surface area contributed by atoms with E-state index in [1.807, 2.05) is 31.2 Å². The fourth-order valence-electron chi connectivity index (χ4n) is 3.08. The molecule has 2 heterocycles. The van der Waals surface area contributed by atoms with Crippen LogP contribution in [-0.2, 0) is 4.79 Å². The maximum absolute atomic E-state index is 13.2. The topological polar surface area (TPSA) is 96.5 Å². The van der Waals surface area contributed by atoms with Gasteiger partial charge in [-0.2, -0.15) is 10.2 Å². The lowest BCUT2D eigenvalue weighted by Crippen LogP contribution is -2.20. The molecule has 4 rings (SSSR count). The number of aromatic nitrogens is 2. The lowest BCUT2D eigenvalue weighted by molar-refractivity contribution is -0.112. The molecule has 0 aliphatic heterocycles. The fraction of sp³-hybridized carbons (Fsp3) is 0.0400. The first-order chi connectivity index (χ1) is 15.6. The van der Waals surface area contributed by atoms with Gasteiger partial charge in [-0.25, -0.2) is 0 Å². The second kappa shape index (κ2) is 8.98. The van der Waals surface area contributed by atoms with Gasteiger partial charge in [0.1, 0.15) is 28.6 Å². The van der Waals surface area contributed by atoms with Gasteiger partial charge >= 0.3 is 0 Å². The van der Waals surface area contributed by atoms with Crippen molar-refractivity contribution in [3.63, 3.8) is 0 Å². The zero-order valence-electron chi connectivity index (χ0n) is 17.1. The highest BCUT2D eigenvalue weighted by molar-refractivity contribution is 6.10. The molecule has 0 aliphatic rings. The lowest BCUT2D eigenvalue weighted by Gasteiger charge is -2.11. The predicted octanol–water partition coefficient (Wildman–Crippen LogP) is 4.34. The van der Waals surface area contributed by atoms with Crippen molar-refractivity contribution in [1.29, 1.82) is 5.26 Å². The van der Waals surface area contributed by atoms with Gasteiger partial charge in [0, 0.05) is 11.9 Å². The number of carbonyl (C=O) groups is 1. The number of aryl methyl sites for hydroxylation is 1. The number of nitriles is 1. The Morgan fingerprint density at radius 3 is 2.53 bits per heavy atom. The largest absolute Gasteiger partial charge is 0.438 e. The molecule has 0 radical (unpaired) electrons. The van der Waals surface area contributed by atoms with Crippen LogP contribution in [0.15, 0.2) is 89.4 Å². The number of pyridine rings is 1. The Labute approximate surface area is 183 Å². The van der Waals surface area contributed by atoms with Crippen LogP contribution in [0, 0.1) is 18.3 Å². The average molecular weight is 422 g/mol. The van der Waals surface area contributed by atoms with E-state index in [-0.39, 0.29) is 17.0 Å². The van der Waals surface area contributed by atoms with Crippen LogP contribution in [-0.4, -0.2) is 15.3 Å². The summed E-state index contributed by atoms with van der Waals surface area (Å²) in [7, 11) is 0. The molecule has 7 nitrogen and oxygen atoms in total. The van der Waals surface area contributed by atoms with Gasteiger partial charge in [0.25, 0.3) is 11.5 Å². The van der Waals surface area contributed by atoms with Crippen LogP contribution in [0.25, 0.3) is 11.7 Å². The Balaban J connectivity index is 1.81. The molecule has 0 bridgehead atoms. The molecule has 0 unspecified atom stereocenters. The maximum atomic E-state index is 13.2. The zero-order chi connectivity index (χ0) is 22.5. The SMILES string of the molecule is Cc1ccccc1NC(=O)/C(C#N)=C/c1c(Oc2ccccc2)nc2ccccn2c1=O. The standard InChI is InChI=1S/C25H18N4O3/c1-17-9-5-6-12-21(17)27-23(30)18(16-26)15-20-24(32-19-10-3-2-4-11-19)28-22-13-7-8-14-29(22)25(20)31/h2-15H,1H3,(H,27,30)/b18-15+. The van der Waals surface area contributed by atoms with Crippen molar-refractivity contribution < 1.29 is 9.53 Å². The molecule has 1 N–H and O–H groups in total. The molecule has 4 aromatic rings. The van der Waals surface area contributed by atoms with Crippen LogP contribution in [0.4, 0.5) is 5.69 Å². The molecular weight excluding hydrogens is 404 g/mol. The van der Waals surface area contributed by atoms with E-state index < -0.39 is 11.5 Å². The molecule has 0 atom stereocenters. The Bertz CT molecular complexity index is 1430. The summed E-state index contributed by atoms with van der Waals surface area (Å²) < 4.78 is 7.18. The quantitative estimate of drug-likeness (QED) is 0.381. The summed E-state index contributed by atoms with van der Waals surface area (Å²) >= 11 is 0. The minimum Gasteiger partial charge on any atom is -0.438 e. The van der Waals surface area contributed by atoms with Gasteiger partial charge in [0.2, 0.25) is 5.88 Å². The summed E-state index contributed by atoms with van der Waals surface area (Å²) in [5, 5.41) is 12.3. The first-order valence-corrected chi connectivity index (χ1v) is 9.80. The van der Waals surface area contributed by atoms with E-state index in [2.05, 4.69) is 10.3 Å². The first-order valence-electron chi connectivity index (χ1n) is 9.80. The molecule has 156 valence electrons. The van der Waals surface area contributed by atoms with Gasteiger partial charge in [-0.3, -0.25) is 14.0 Å². The smallest absolute Gasteiger partial charge is 0.269 e. The van der Waals surface area contributed by atoms with E-state index in [0.29, 0.717) is 17.1 Å². The van der Waals surface area contributed by atoms with Crippen molar-refractivity contribution in [3.8, 4) is 17.7 Å². The number of carbonyl (C=O) groups excluding carboxylic acids is 1. The zero-order valence-corrected chi connectivity index (χ0v) is 17.1. The normalized spacial score (nSPS) is 11.1. The Kier molecular flexibility index (Phi) is 5.77. The molecule has 0 spiro atoms. The minimum atomic E-state index is -0.634. The summed E-state index contributed by atoms with van der Waals surface area (Å²) in [4.78, 5) is 30.4. The number of nitrogens with one attached hydrogen (secondary N) is 1. The summed E-state index contributed by atoms with van der Waals surface area (Å²) in [5.41, 5.74) is 1.09. The van der Waals surface area contributed by atoms with Crippen LogP contribution >= 0.6 is 0 Å². The Morgan fingerprint density at radius 1 is 1.06 bits per heavy atom. The summed E-state index contributed by atoms with van der Waals surface area (Å²) in [6.07, 6.45) is 2.77. The fourth-order valence-corrected chi connectivity index (χ4v) is 3.08. The third-order valence-corrected chi connectivity index (χ3v) is 4.74. The van der Waals surface area contributed by atoms with Crippen molar-refractivity contribution in [2.75, 3.05) is 5.32 Å². The summed E-state index contributed by atoms with van der Waals surface area (Å²) in [6, 6.07) is 23.0. The number of rotatable bonds is 5. The second-order valence-corrected chi connectivity index (χ2v) is 6.92. The van der Waals surface area contributed by atoms with Gasteiger partial charge in [-0.05, 0) is 48.9 Å². The number of nitrogens with zero attached hydrogens (tertiary/aromatic N) is 3. The van der Waals surface area contributed by atoms with Crippen LogP contribution in [0.3, 0.4) is 0 Å². The van der Waals surface area contributed by atoms with E-state index in [1.54, 1.807) is 60.8 Å². The molecule has 1 amide bonds. The molecule has 32 heavy (non-hydrogen) atoms. The number of para-hydroxylation sites is 2. The second-order valence-electron chi connectivity index (χ2n) is 6.92. The average Bonchev–Trinajstić information content (AvgIpc) is 2.81. The first kappa shape index (κ1) is 20.6. The van der Waals surface area contributed by atoms with Crippen molar-refractivity contribution in [2.24, 2.45) is 0 Å². The number of fused-ring (bicyclic) bond motifs is 1. The predicted molar refractivity (Wildman–Crippen MR) is 121 cm³/mol. The van der Waals surface area contributed by atoms with E-state index in [9.17, 15) is 14.9 Å². The van der Waals surface area contributed by atoms with Crippen LogP contribution in [0.1, 0.15) is 11.1 Å². The number of ether oxygens (including phenoxy) is 1. The van der Waals surface area contributed by atoms with Gasteiger partial charge in [0.15, 0.2) is 0 Å². The molecule has 0 aliphatic carbocycles. The molecular formula is C25H18N4O3. The van der Waals surface area contributed by atoms with E-state index in [4.69, 9.17) is 4.74 Å². The lowest BCUT2D eigenvalue weighted by atomic mass is 10.1. The molecule has 0 saturated carbocycles. The maximum Gasteiger partial charge on any atom is 0.269 e. The Morgan fingerprint density at radius 2 is 1.78 bits per heavy atom. The highest BCUT2D eigenvalue weighted by Crippen LogP contribution is 2.24. The van der Waals surface area contributed by atoms with Gasteiger partial charge in [-0.15, -0.1) is 0 Å². The number of hydrogen-bond acceptors (Lipinski definition) is 5. The number of anilines is 1. The van der Waals surface area contributed by atoms with Crippen molar-refractivity contribution in [1.82, 2.24) is 9.38 Å². The van der Waals surface area contributed by atoms with Crippen molar-refractivity contribution in [2.45, 2.75) is 6.92 Å².